The predicted molar refractivity (Wildman–Crippen MR) is 109 cm³/mol. The molecule has 3 aliphatic heterocycles. The molecule has 0 spiro atoms. The summed E-state index contributed by atoms with van der Waals surface area (Å²) < 4.78 is 0. The highest BCUT2D eigenvalue weighted by Crippen LogP contribution is 2.24. The number of piperidine rings is 1. The highest BCUT2D eigenvalue weighted by atomic mass is 16.2. The van der Waals surface area contributed by atoms with Crippen LogP contribution in [-0.4, -0.2) is 97.4 Å². The molecule has 3 amide bonds. The van der Waals surface area contributed by atoms with E-state index in [0.29, 0.717) is 19.6 Å². The van der Waals surface area contributed by atoms with Gasteiger partial charge in [0.25, 0.3) is 0 Å². The Morgan fingerprint density at radius 2 is 1.76 bits per heavy atom. The first-order chi connectivity index (χ1) is 14.1. The van der Waals surface area contributed by atoms with Crippen molar-refractivity contribution < 1.29 is 14.4 Å². The number of nitrogens with one attached hydrogen (secondary N) is 1. The monoisotopic (exact) mass is 399 g/mol. The lowest BCUT2D eigenvalue weighted by Crippen LogP contribution is -2.59. The first-order valence-corrected chi connectivity index (χ1v) is 10.5. The van der Waals surface area contributed by atoms with Crippen molar-refractivity contribution in [3.8, 4) is 0 Å². The number of piperazine rings is 2. The topological polar surface area (TPSA) is 76.2 Å². The number of hydrogen-bond donors (Lipinski definition) is 1. The molecule has 4 rings (SSSR count). The summed E-state index contributed by atoms with van der Waals surface area (Å²) in [6.45, 7) is 5.48. The molecule has 0 unspecified atom stereocenters. The van der Waals surface area contributed by atoms with Crippen LogP contribution in [0.1, 0.15) is 12.8 Å². The van der Waals surface area contributed by atoms with Crippen LogP contribution in [0.4, 0.5) is 5.69 Å². The molecule has 0 radical (unpaired) electrons. The molecule has 0 aliphatic carbocycles. The Bertz CT molecular complexity index is 748. The molecule has 1 aromatic rings. The predicted octanol–water partition coefficient (Wildman–Crippen LogP) is -0.242. The Hall–Kier alpha value is -2.45. The van der Waals surface area contributed by atoms with Crippen molar-refractivity contribution in [3.63, 3.8) is 0 Å². The van der Waals surface area contributed by atoms with E-state index in [1.54, 1.807) is 4.90 Å². The highest BCUT2D eigenvalue weighted by molar-refractivity contribution is 5.97. The van der Waals surface area contributed by atoms with Gasteiger partial charge in [-0.1, -0.05) is 18.2 Å². The van der Waals surface area contributed by atoms with Crippen LogP contribution in [0, 0.1) is 0 Å². The van der Waals surface area contributed by atoms with Gasteiger partial charge < -0.3 is 15.1 Å². The van der Waals surface area contributed by atoms with E-state index in [0.717, 1.165) is 51.3 Å². The normalized spacial score (nSPS) is 24.5. The van der Waals surface area contributed by atoms with Crippen LogP contribution < -0.4 is 10.2 Å². The number of carbonyl (C=O) groups is 3. The summed E-state index contributed by atoms with van der Waals surface area (Å²) in [5.74, 6) is 0.108. The van der Waals surface area contributed by atoms with Crippen molar-refractivity contribution in [2.45, 2.75) is 18.9 Å². The van der Waals surface area contributed by atoms with E-state index in [1.807, 2.05) is 35.2 Å². The van der Waals surface area contributed by atoms with Crippen molar-refractivity contribution in [2.24, 2.45) is 0 Å². The van der Waals surface area contributed by atoms with Gasteiger partial charge in [0.05, 0.1) is 19.1 Å². The maximum Gasteiger partial charge on any atom is 0.244 e. The van der Waals surface area contributed by atoms with Gasteiger partial charge in [0.15, 0.2) is 0 Å². The number of para-hydroxylation sites is 1. The molecule has 3 aliphatic rings. The number of rotatable bonds is 4. The number of anilines is 1. The van der Waals surface area contributed by atoms with Crippen LogP contribution in [0.15, 0.2) is 30.3 Å². The minimum atomic E-state index is -0.0896. The molecule has 156 valence electrons. The lowest BCUT2D eigenvalue weighted by Gasteiger charge is -2.42. The second kappa shape index (κ2) is 8.92. The van der Waals surface area contributed by atoms with Gasteiger partial charge in [-0.05, 0) is 25.0 Å². The van der Waals surface area contributed by atoms with E-state index in [1.165, 1.54) is 0 Å². The van der Waals surface area contributed by atoms with Crippen LogP contribution in [0.25, 0.3) is 0 Å². The van der Waals surface area contributed by atoms with Crippen LogP contribution in [-0.2, 0) is 14.4 Å². The molecule has 1 aromatic carbocycles. The molecular weight excluding hydrogens is 370 g/mol. The highest BCUT2D eigenvalue weighted by Gasteiger charge is 2.35. The molecular formula is C21H29N5O3. The van der Waals surface area contributed by atoms with E-state index in [-0.39, 0.29) is 30.3 Å². The second-order valence-corrected chi connectivity index (χ2v) is 7.96. The van der Waals surface area contributed by atoms with E-state index < -0.39 is 0 Å². The molecule has 8 heteroatoms. The third-order valence-electron chi connectivity index (χ3n) is 6.08. The molecule has 29 heavy (non-hydrogen) atoms. The summed E-state index contributed by atoms with van der Waals surface area (Å²) in [6, 6.07) is 9.80. The standard InChI is InChI=1S/C21H29N5O3/c27-19-15-25(10-8-22-19)20(28)16-23-11-13-24(14-12-23)18-7-4-9-26(21(18)29)17-5-2-1-3-6-17/h1-3,5-6,18H,4,7-16H2,(H,22,27)/t18-/m0/s1. The lowest BCUT2D eigenvalue weighted by atomic mass is 10.0. The Morgan fingerprint density at radius 1 is 1.00 bits per heavy atom. The summed E-state index contributed by atoms with van der Waals surface area (Å²) in [5, 5.41) is 2.74. The number of nitrogens with zero attached hydrogens (tertiary/aromatic N) is 4. The summed E-state index contributed by atoms with van der Waals surface area (Å²) >= 11 is 0. The van der Waals surface area contributed by atoms with Crippen molar-refractivity contribution in [1.29, 1.82) is 0 Å². The van der Waals surface area contributed by atoms with Gasteiger partial charge in [-0.2, -0.15) is 0 Å². The summed E-state index contributed by atoms with van der Waals surface area (Å²) in [7, 11) is 0. The van der Waals surface area contributed by atoms with Gasteiger partial charge in [-0.3, -0.25) is 24.2 Å². The maximum absolute atomic E-state index is 13.1. The number of carbonyl (C=O) groups excluding carboxylic acids is 3. The van der Waals surface area contributed by atoms with Crippen molar-refractivity contribution in [2.75, 3.05) is 63.8 Å². The maximum atomic E-state index is 13.1. The van der Waals surface area contributed by atoms with Gasteiger partial charge >= 0.3 is 0 Å². The Labute approximate surface area is 171 Å². The first-order valence-electron chi connectivity index (χ1n) is 10.5. The zero-order valence-corrected chi connectivity index (χ0v) is 16.8. The summed E-state index contributed by atoms with van der Waals surface area (Å²) in [6.07, 6.45) is 1.89. The summed E-state index contributed by atoms with van der Waals surface area (Å²) in [5.41, 5.74) is 0.969. The molecule has 3 fully saturated rings. The fraction of sp³-hybridized carbons (Fsp3) is 0.571. The Morgan fingerprint density at radius 3 is 2.48 bits per heavy atom. The molecule has 3 heterocycles. The number of amides is 3. The molecule has 1 N–H and O–H groups in total. The molecule has 0 saturated carbocycles. The molecule has 0 bridgehead atoms. The van der Waals surface area contributed by atoms with E-state index in [9.17, 15) is 14.4 Å². The minimum Gasteiger partial charge on any atom is -0.353 e. The largest absolute Gasteiger partial charge is 0.353 e. The van der Waals surface area contributed by atoms with E-state index >= 15 is 0 Å². The molecule has 1 atom stereocenters. The van der Waals surface area contributed by atoms with Crippen LogP contribution in [0.3, 0.4) is 0 Å². The minimum absolute atomic E-state index is 0.0114. The zero-order valence-electron chi connectivity index (χ0n) is 16.8. The third-order valence-corrected chi connectivity index (χ3v) is 6.08. The quantitative estimate of drug-likeness (QED) is 0.756. The van der Waals surface area contributed by atoms with Crippen LogP contribution in [0.5, 0.6) is 0 Å². The Balaban J connectivity index is 1.29. The fourth-order valence-corrected chi connectivity index (χ4v) is 4.44. The van der Waals surface area contributed by atoms with Gasteiger partial charge in [0.2, 0.25) is 17.7 Å². The smallest absolute Gasteiger partial charge is 0.244 e. The average Bonchev–Trinajstić information content (AvgIpc) is 2.75. The molecule has 8 nitrogen and oxygen atoms in total. The third kappa shape index (κ3) is 4.59. The number of hydrogen-bond acceptors (Lipinski definition) is 5. The van der Waals surface area contributed by atoms with Crippen molar-refractivity contribution >= 4 is 23.4 Å². The van der Waals surface area contributed by atoms with Crippen LogP contribution in [0.2, 0.25) is 0 Å². The van der Waals surface area contributed by atoms with Crippen LogP contribution >= 0.6 is 0 Å². The SMILES string of the molecule is O=C1CN(C(=O)CN2CCN([C@H]3CCCN(c4ccccc4)C3=O)CC2)CCN1. The van der Waals surface area contributed by atoms with Crippen molar-refractivity contribution in [1.82, 2.24) is 20.0 Å². The Kier molecular flexibility index (Phi) is 6.10. The van der Waals surface area contributed by atoms with Gasteiger partial charge in [0, 0.05) is 51.5 Å². The van der Waals surface area contributed by atoms with Crippen molar-refractivity contribution in [3.05, 3.63) is 30.3 Å². The lowest BCUT2D eigenvalue weighted by molar-refractivity contribution is -0.139. The first kappa shape index (κ1) is 19.8. The van der Waals surface area contributed by atoms with E-state index in [2.05, 4.69) is 15.1 Å². The zero-order chi connectivity index (χ0) is 20.2. The second-order valence-electron chi connectivity index (χ2n) is 7.96. The van der Waals surface area contributed by atoms with Gasteiger partial charge in [-0.25, -0.2) is 0 Å². The summed E-state index contributed by atoms with van der Waals surface area (Å²) in [4.78, 5) is 45.0. The van der Waals surface area contributed by atoms with E-state index in [4.69, 9.17) is 0 Å². The number of benzene rings is 1. The molecule has 3 saturated heterocycles. The fourth-order valence-electron chi connectivity index (χ4n) is 4.44. The molecule has 0 aromatic heterocycles. The average molecular weight is 399 g/mol. The van der Waals surface area contributed by atoms with Gasteiger partial charge in [-0.15, -0.1) is 0 Å². The van der Waals surface area contributed by atoms with Gasteiger partial charge in [0.1, 0.15) is 0 Å².